The third-order valence-corrected chi connectivity index (χ3v) is 5.58. The summed E-state index contributed by atoms with van der Waals surface area (Å²) in [6, 6.07) is 12.3. The maximum atomic E-state index is 12.5. The van der Waals surface area contributed by atoms with Crippen molar-refractivity contribution in [3.8, 4) is 5.75 Å². The fourth-order valence-corrected chi connectivity index (χ4v) is 3.81. The molecule has 0 aliphatic carbocycles. The SMILES string of the molecule is Cc1cccc(NC(=O)Nc2cc3ccc(OC4CCN(C)CC4)c(C)c3oc2=O)c1. The van der Waals surface area contributed by atoms with Crippen molar-refractivity contribution in [2.24, 2.45) is 0 Å². The van der Waals surface area contributed by atoms with Gasteiger partial charge in [0.1, 0.15) is 23.1 Å². The van der Waals surface area contributed by atoms with Crippen LogP contribution in [0.4, 0.5) is 16.2 Å². The summed E-state index contributed by atoms with van der Waals surface area (Å²) >= 11 is 0. The molecule has 2 aromatic carbocycles. The number of hydrogen-bond acceptors (Lipinski definition) is 5. The number of ether oxygens (including phenoxy) is 1. The Morgan fingerprint density at radius 2 is 1.87 bits per heavy atom. The highest BCUT2D eigenvalue weighted by atomic mass is 16.5. The number of aryl methyl sites for hydroxylation is 2. The van der Waals surface area contributed by atoms with Crippen LogP contribution in [-0.2, 0) is 0 Å². The topological polar surface area (TPSA) is 83.8 Å². The lowest BCUT2D eigenvalue weighted by Gasteiger charge is -2.29. The van der Waals surface area contributed by atoms with Gasteiger partial charge in [-0.15, -0.1) is 0 Å². The van der Waals surface area contributed by atoms with Crippen LogP contribution in [0.2, 0.25) is 0 Å². The Bertz CT molecular complexity index is 1160. The monoisotopic (exact) mass is 421 g/mol. The van der Waals surface area contributed by atoms with Crippen molar-refractivity contribution in [3.63, 3.8) is 0 Å². The Kier molecular flexibility index (Phi) is 5.95. The minimum Gasteiger partial charge on any atom is -0.490 e. The third-order valence-electron chi connectivity index (χ3n) is 5.58. The maximum Gasteiger partial charge on any atom is 0.360 e. The summed E-state index contributed by atoms with van der Waals surface area (Å²) in [5, 5.41) is 6.02. The number of likely N-dealkylation sites (tertiary alicyclic amines) is 1. The highest BCUT2D eigenvalue weighted by Crippen LogP contribution is 2.29. The normalized spacial score (nSPS) is 15.1. The van der Waals surface area contributed by atoms with Crippen LogP contribution in [0.1, 0.15) is 24.0 Å². The molecule has 0 spiro atoms. The molecule has 1 aliphatic rings. The lowest BCUT2D eigenvalue weighted by molar-refractivity contribution is 0.113. The summed E-state index contributed by atoms with van der Waals surface area (Å²) < 4.78 is 11.7. The fraction of sp³-hybridized carbons (Fsp3) is 0.333. The number of nitrogens with one attached hydrogen (secondary N) is 2. The van der Waals surface area contributed by atoms with Crippen LogP contribution in [0.25, 0.3) is 11.0 Å². The van der Waals surface area contributed by atoms with Gasteiger partial charge in [0.15, 0.2) is 0 Å². The van der Waals surface area contributed by atoms with E-state index in [0.717, 1.165) is 48.2 Å². The molecule has 0 saturated carbocycles. The zero-order valence-electron chi connectivity index (χ0n) is 18.0. The largest absolute Gasteiger partial charge is 0.490 e. The van der Waals surface area contributed by atoms with Gasteiger partial charge in [0, 0.05) is 29.7 Å². The number of hydrogen-bond donors (Lipinski definition) is 2. The Labute approximate surface area is 181 Å². The van der Waals surface area contributed by atoms with E-state index in [1.807, 2.05) is 44.2 Å². The third kappa shape index (κ3) is 4.88. The van der Waals surface area contributed by atoms with Crippen molar-refractivity contribution in [3.05, 3.63) is 64.0 Å². The Balaban J connectivity index is 1.52. The highest BCUT2D eigenvalue weighted by molar-refractivity contribution is 6.00. The molecule has 2 heterocycles. The Morgan fingerprint density at radius 1 is 1.10 bits per heavy atom. The molecule has 31 heavy (non-hydrogen) atoms. The fourth-order valence-electron chi connectivity index (χ4n) is 3.81. The van der Waals surface area contributed by atoms with E-state index in [9.17, 15) is 9.59 Å². The standard InChI is InChI=1S/C24H27N3O4/c1-15-5-4-6-18(13-15)25-24(29)26-20-14-17-7-8-21(16(2)22(17)31-23(20)28)30-19-9-11-27(3)12-10-19/h4-8,13-14,19H,9-12H2,1-3H3,(H2,25,26,29). The van der Waals surface area contributed by atoms with Gasteiger partial charge in [-0.3, -0.25) is 0 Å². The molecule has 0 unspecified atom stereocenters. The smallest absolute Gasteiger partial charge is 0.360 e. The van der Waals surface area contributed by atoms with Gasteiger partial charge in [-0.1, -0.05) is 12.1 Å². The van der Waals surface area contributed by atoms with Gasteiger partial charge in [0.2, 0.25) is 0 Å². The number of rotatable bonds is 4. The molecule has 3 aromatic rings. The number of urea groups is 1. The minimum atomic E-state index is -0.605. The van der Waals surface area contributed by atoms with Gasteiger partial charge in [-0.25, -0.2) is 9.59 Å². The van der Waals surface area contributed by atoms with Crippen LogP contribution in [0, 0.1) is 13.8 Å². The van der Waals surface area contributed by atoms with Crippen LogP contribution in [0.5, 0.6) is 5.75 Å². The summed E-state index contributed by atoms with van der Waals surface area (Å²) in [6.45, 7) is 5.83. The Hall–Kier alpha value is -3.32. The van der Waals surface area contributed by atoms with Gasteiger partial charge in [-0.2, -0.15) is 0 Å². The van der Waals surface area contributed by atoms with Gasteiger partial charge >= 0.3 is 11.7 Å². The zero-order valence-corrected chi connectivity index (χ0v) is 18.0. The van der Waals surface area contributed by atoms with Crippen LogP contribution < -0.4 is 21.0 Å². The number of carbonyl (C=O) groups is 1. The molecule has 4 rings (SSSR count). The molecule has 162 valence electrons. The molecule has 1 fully saturated rings. The van der Waals surface area contributed by atoms with Crippen molar-refractivity contribution in [1.82, 2.24) is 4.90 Å². The van der Waals surface area contributed by atoms with Gasteiger partial charge in [0.25, 0.3) is 0 Å². The summed E-state index contributed by atoms with van der Waals surface area (Å²) in [7, 11) is 2.11. The van der Waals surface area contributed by atoms with Gasteiger partial charge < -0.3 is 24.7 Å². The lowest BCUT2D eigenvalue weighted by atomic mass is 10.1. The van der Waals surface area contributed by atoms with Crippen LogP contribution in [0.3, 0.4) is 0 Å². The average Bonchev–Trinajstić information content (AvgIpc) is 2.73. The van der Waals surface area contributed by atoms with E-state index in [2.05, 4.69) is 22.6 Å². The molecule has 7 heteroatoms. The first-order valence-corrected chi connectivity index (χ1v) is 10.5. The predicted molar refractivity (Wildman–Crippen MR) is 122 cm³/mol. The molecule has 2 amide bonds. The van der Waals surface area contributed by atoms with E-state index in [4.69, 9.17) is 9.15 Å². The van der Waals surface area contributed by atoms with E-state index < -0.39 is 11.7 Å². The zero-order chi connectivity index (χ0) is 22.0. The number of benzene rings is 2. The van der Waals surface area contributed by atoms with Crippen LogP contribution in [-0.4, -0.2) is 37.2 Å². The van der Waals surface area contributed by atoms with Gasteiger partial charge in [-0.05, 0) is 69.6 Å². The minimum absolute atomic E-state index is 0.0843. The van der Waals surface area contributed by atoms with Crippen molar-refractivity contribution in [2.75, 3.05) is 30.8 Å². The van der Waals surface area contributed by atoms with E-state index >= 15 is 0 Å². The second-order valence-corrected chi connectivity index (χ2v) is 8.12. The number of carbonyl (C=O) groups excluding carboxylic acids is 1. The van der Waals surface area contributed by atoms with E-state index in [1.54, 1.807) is 12.1 Å². The molecular formula is C24H27N3O4. The first-order chi connectivity index (χ1) is 14.9. The summed E-state index contributed by atoms with van der Waals surface area (Å²) in [6.07, 6.45) is 2.10. The van der Waals surface area contributed by atoms with E-state index in [-0.39, 0.29) is 11.8 Å². The number of anilines is 2. The molecule has 1 saturated heterocycles. The van der Waals surface area contributed by atoms with Crippen LogP contribution >= 0.6 is 0 Å². The van der Waals surface area contributed by atoms with Crippen molar-refractivity contribution in [2.45, 2.75) is 32.8 Å². The highest BCUT2D eigenvalue weighted by Gasteiger charge is 2.20. The molecule has 0 radical (unpaired) electrons. The maximum absolute atomic E-state index is 12.5. The summed E-state index contributed by atoms with van der Waals surface area (Å²) in [5.74, 6) is 0.725. The van der Waals surface area contributed by atoms with E-state index in [0.29, 0.717) is 11.3 Å². The molecule has 1 aliphatic heterocycles. The first kappa shape index (κ1) is 20.9. The van der Waals surface area contributed by atoms with Crippen molar-refractivity contribution >= 4 is 28.4 Å². The quantitative estimate of drug-likeness (QED) is 0.605. The van der Waals surface area contributed by atoms with E-state index in [1.165, 1.54) is 0 Å². The summed E-state index contributed by atoms with van der Waals surface area (Å²) in [4.78, 5) is 27.1. The molecule has 0 atom stereocenters. The molecule has 0 bridgehead atoms. The second-order valence-electron chi connectivity index (χ2n) is 8.12. The number of amides is 2. The molecule has 7 nitrogen and oxygen atoms in total. The molecular weight excluding hydrogens is 394 g/mol. The first-order valence-electron chi connectivity index (χ1n) is 10.5. The van der Waals surface area contributed by atoms with Crippen LogP contribution in [0.15, 0.2) is 51.7 Å². The second kappa shape index (κ2) is 8.81. The van der Waals surface area contributed by atoms with Crippen molar-refractivity contribution < 1.29 is 13.9 Å². The van der Waals surface area contributed by atoms with Crippen molar-refractivity contribution in [1.29, 1.82) is 0 Å². The average molecular weight is 421 g/mol. The lowest BCUT2D eigenvalue weighted by Crippen LogP contribution is -2.35. The molecule has 1 aromatic heterocycles. The number of nitrogens with zero attached hydrogens (tertiary/aromatic N) is 1. The number of fused-ring (bicyclic) bond motifs is 1. The molecule has 2 N–H and O–H groups in total. The van der Waals surface area contributed by atoms with Gasteiger partial charge in [0.05, 0.1) is 0 Å². The number of piperidine rings is 1. The Morgan fingerprint density at radius 3 is 2.61 bits per heavy atom. The summed E-state index contributed by atoms with van der Waals surface area (Å²) in [5.41, 5.74) is 2.41. The predicted octanol–water partition coefficient (Wildman–Crippen LogP) is 4.53.